The molecule has 1 aromatic rings. The third-order valence-electron chi connectivity index (χ3n) is 7.06. The van der Waals surface area contributed by atoms with Crippen LogP contribution < -0.4 is 15.8 Å². The molecule has 0 heterocycles. The molecule has 0 radical (unpaired) electrons. The molecular formula is C22H33N3OS. The highest BCUT2D eigenvalue weighted by Gasteiger charge is 2.47. The Morgan fingerprint density at radius 3 is 2.70 bits per heavy atom. The van der Waals surface area contributed by atoms with Crippen molar-refractivity contribution in [2.24, 2.45) is 23.7 Å². The van der Waals surface area contributed by atoms with Crippen molar-refractivity contribution in [2.45, 2.75) is 75.3 Å². The van der Waals surface area contributed by atoms with Gasteiger partial charge in [-0.1, -0.05) is 19.9 Å². The van der Waals surface area contributed by atoms with Gasteiger partial charge in [-0.05, 0) is 98.8 Å². The number of nitrogens with two attached hydrogens (primary N) is 1. The summed E-state index contributed by atoms with van der Waals surface area (Å²) in [4.78, 5) is 14.3. The molecule has 0 aromatic heterocycles. The molecule has 3 saturated carbocycles. The van der Waals surface area contributed by atoms with Crippen molar-refractivity contribution in [2.75, 3.05) is 5.73 Å². The van der Waals surface area contributed by atoms with Crippen LogP contribution in [0, 0.1) is 23.7 Å². The van der Waals surface area contributed by atoms with Gasteiger partial charge in [-0.3, -0.25) is 4.79 Å². The molecule has 27 heavy (non-hydrogen) atoms. The maximum atomic E-state index is 13.3. The lowest BCUT2D eigenvalue weighted by atomic mass is 9.62. The Morgan fingerprint density at radius 1 is 1.19 bits per heavy atom. The summed E-state index contributed by atoms with van der Waals surface area (Å²) in [5.74, 6) is 3.13. The minimum atomic E-state index is -0.424. The SMILES string of the molecule is CC1CC2CC(C)C(NC(=O)C3(NSc4cccc(N)c4)CCC3)C(C1)C2. The van der Waals surface area contributed by atoms with Crippen molar-refractivity contribution in [1.82, 2.24) is 10.0 Å². The zero-order chi connectivity index (χ0) is 19.0. The molecule has 4 rings (SSSR count). The summed E-state index contributed by atoms with van der Waals surface area (Å²) in [6, 6.07) is 8.17. The van der Waals surface area contributed by atoms with Gasteiger partial charge < -0.3 is 11.1 Å². The van der Waals surface area contributed by atoms with Crippen LogP contribution in [0.15, 0.2) is 29.2 Å². The second kappa shape index (κ2) is 7.67. The molecule has 3 aliphatic carbocycles. The predicted molar refractivity (Wildman–Crippen MR) is 112 cm³/mol. The molecule has 0 saturated heterocycles. The van der Waals surface area contributed by atoms with Gasteiger partial charge in [-0.25, -0.2) is 4.72 Å². The molecule has 0 aliphatic heterocycles. The Kier molecular flexibility index (Phi) is 5.43. The molecule has 2 bridgehead atoms. The van der Waals surface area contributed by atoms with Crippen molar-refractivity contribution in [3.8, 4) is 0 Å². The number of benzene rings is 1. The molecule has 1 aromatic carbocycles. The number of hydrogen-bond acceptors (Lipinski definition) is 4. The van der Waals surface area contributed by atoms with Gasteiger partial charge in [0.1, 0.15) is 5.54 Å². The van der Waals surface area contributed by atoms with E-state index in [0.717, 1.165) is 41.7 Å². The monoisotopic (exact) mass is 387 g/mol. The van der Waals surface area contributed by atoms with Crippen LogP contribution in [0.4, 0.5) is 5.69 Å². The second-order valence-electron chi connectivity index (χ2n) is 9.36. The van der Waals surface area contributed by atoms with E-state index in [2.05, 4.69) is 23.9 Å². The van der Waals surface area contributed by atoms with Gasteiger partial charge in [0, 0.05) is 16.6 Å². The van der Waals surface area contributed by atoms with Crippen LogP contribution in [0.25, 0.3) is 0 Å². The first-order valence-electron chi connectivity index (χ1n) is 10.6. The van der Waals surface area contributed by atoms with Gasteiger partial charge >= 0.3 is 0 Å². The molecule has 3 aliphatic rings. The number of fused-ring (bicyclic) bond motifs is 2. The molecule has 5 unspecified atom stereocenters. The highest BCUT2D eigenvalue weighted by atomic mass is 32.2. The molecule has 5 atom stereocenters. The van der Waals surface area contributed by atoms with Crippen LogP contribution in [0.3, 0.4) is 0 Å². The second-order valence-corrected chi connectivity index (χ2v) is 10.2. The maximum absolute atomic E-state index is 13.3. The number of anilines is 1. The van der Waals surface area contributed by atoms with Gasteiger partial charge in [-0.15, -0.1) is 0 Å². The summed E-state index contributed by atoms with van der Waals surface area (Å²) >= 11 is 1.54. The van der Waals surface area contributed by atoms with Crippen LogP contribution in [-0.2, 0) is 4.79 Å². The summed E-state index contributed by atoms with van der Waals surface area (Å²) < 4.78 is 3.49. The van der Waals surface area contributed by atoms with Crippen LogP contribution in [0.1, 0.15) is 58.8 Å². The van der Waals surface area contributed by atoms with Gasteiger partial charge in [0.05, 0.1) is 0 Å². The van der Waals surface area contributed by atoms with E-state index in [0.29, 0.717) is 17.9 Å². The van der Waals surface area contributed by atoms with E-state index < -0.39 is 5.54 Å². The van der Waals surface area contributed by atoms with Crippen molar-refractivity contribution >= 4 is 23.5 Å². The van der Waals surface area contributed by atoms with Crippen molar-refractivity contribution < 1.29 is 4.79 Å². The topological polar surface area (TPSA) is 67.2 Å². The van der Waals surface area contributed by atoms with Gasteiger partial charge in [0.25, 0.3) is 0 Å². The fourth-order valence-corrected chi connectivity index (χ4v) is 6.57. The first-order chi connectivity index (χ1) is 12.9. The summed E-state index contributed by atoms with van der Waals surface area (Å²) in [6.45, 7) is 4.72. The summed E-state index contributed by atoms with van der Waals surface area (Å²) in [5.41, 5.74) is 6.21. The normalized spacial score (nSPS) is 34.5. The number of carbonyl (C=O) groups is 1. The first kappa shape index (κ1) is 19.1. The smallest absolute Gasteiger partial charge is 0.241 e. The maximum Gasteiger partial charge on any atom is 0.241 e. The number of amides is 1. The zero-order valence-electron chi connectivity index (χ0n) is 16.5. The van der Waals surface area contributed by atoms with E-state index in [4.69, 9.17) is 5.73 Å². The minimum absolute atomic E-state index is 0.207. The fraction of sp³-hybridized carbons (Fsp3) is 0.682. The Bertz CT molecular complexity index is 686. The average Bonchev–Trinajstić information content (AvgIpc) is 2.57. The van der Waals surface area contributed by atoms with E-state index in [1.54, 1.807) is 0 Å². The third-order valence-corrected chi connectivity index (χ3v) is 8.05. The Balaban J connectivity index is 1.41. The molecule has 4 N–H and O–H groups in total. The van der Waals surface area contributed by atoms with E-state index in [1.807, 2.05) is 24.3 Å². The first-order valence-corrected chi connectivity index (χ1v) is 11.4. The molecule has 3 fully saturated rings. The summed E-state index contributed by atoms with van der Waals surface area (Å²) in [7, 11) is 0. The molecule has 0 spiro atoms. The lowest BCUT2D eigenvalue weighted by Gasteiger charge is -2.48. The lowest BCUT2D eigenvalue weighted by molar-refractivity contribution is -0.132. The molecule has 148 valence electrons. The number of nitrogen functional groups attached to an aromatic ring is 1. The fourth-order valence-electron chi connectivity index (χ4n) is 5.62. The average molecular weight is 388 g/mol. The molecule has 5 heteroatoms. The quantitative estimate of drug-likeness (QED) is 0.518. The molecule has 1 amide bonds. The Labute approximate surface area is 167 Å². The zero-order valence-corrected chi connectivity index (χ0v) is 17.4. The van der Waals surface area contributed by atoms with E-state index in [1.165, 1.54) is 37.6 Å². The Hall–Kier alpha value is -1.20. The summed E-state index contributed by atoms with van der Waals surface area (Å²) in [6.07, 6.45) is 8.16. The van der Waals surface area contributed by atoms with Crippen LogP contribution >= 0.6 is 11.9 Å². The van der Waals surface area contributed by atoms with E-state index in [9.17, 15) is 4.79 Å². The van der Waals surface area contributed by atoms with E-state index >= 15 is 0 Å². The largest absolute Gasteiger partial charge is 0.399 e. The van der Waals surface area contributed by atoms with Crippen molar-refractivity contribution in [1.29, 1.82) is 0 Å². The van der Waals surface area contributed by atoms with Gasteiger partial charge in [0.15, 0.2) is 0 Å². The third kappa shape index (κ3) is 4.00. The van der Waals surface area contributed by atoms with Crippen LogP contribution in [-0.4, -0.2) is 17.5 Å². The molecule has 4 nitrogen and oxygen atoms in total. The highest BCUT2D eigenvalue weighted by Crippen LogP contribution is 2.45. The number of nitrogens with one attached hydrogen (secondary N) is 2. The van der Waals surface area contributed by atoms with Crippen LogP contribution in [0.5, 0.6) is 0 Å². The number of hydrogen-bond donors (Lipinski definition) is 3. The predicted octanol–water partition coefficient (Wildman–Crippen LogP) is 4.37. The van der Waals surface area contributed by atoms with E-state index in [-0.39, 0.29) is 5.91 Å². The molecular weight excluding hydrogens is 354 g/mol. The standard InChI is InChI=1S/C22H33N3OS/c1-14-9-16-11-15(2)20(17(10-14)12-16)24-21(26)22(7-4-8-22)25-27-19-6-3-5-18(23)13-19/h3,5-6,13-17,20,25H,4,7-12,23H2,1-2H3,(H,24,26). The van der Waals surface area contributed by atoms with Gasteiger partial charge in [-0.2, -0.15) is 0 Å². The highest BCUT2D eigenvalue weighted by molar-refractivity contribution is 7.97. The van der Waals surface area contributed by atoms with Crippen molar-refractivity contribution in [3.05, 3.63) is 24.3 Å². The minimum Gasteiger partial charge on any atom is -0.399 e. The van der Waals surface area contributed by atoms with Crippen molar-refractivity contribution in [3.63, 3.8) is 0 Å². The Morgan fingerprint density at radius 2 is 2.00 bits per heavy atom. The number of rotatable bonds is 5. The lowest BCUT2D eigenvalue weighted by Crippen LogP contribution is -2.63. The number of carbonyl (C=O) groups excluding carboxylic acids is 1. The summed E-state index contributed by atoms with van der Waals surface area (Å²) in [5, 5.41) is 3.50. The van der Waals surface area contributed by atoms with Crippen LogP contribution in [0.2, 0.25) is 0 Å². The van der Waals surface area contributed by atoms with Gasteiger partial charge in [0.2, 0.25) is 5.91 Å².